The summed E-state index contributed by atoms with van der Waals surface area (Å²) in [4.78, 5) is 32.4. The van der Waals surface area contributed by atoms with Crippen molar-refractivity contribution in [2.45, 2.75) is 24.5 Å². The molecule has 0 spiro atoms. The van der Waals surface area contributed by atoms with E-state index in [0.29, 0.717) is 37.7 Å². The minimum absolute atomic E-state index is 0.00853. The van der Waals surface area contributed by atoms with Crippen LogP contribution in [0.4, 0.5) is 9.18 Å². The maximum absolute atomic E-state index is 13.0. The van der Waals surface area contributed by atoms with E-state index in [1.54, 1.807) is 28.1 Å². The molecule has 0 aliphatic carbocycles. The van der Waals surface area contributed by atoms with E-state index in [0.717, 1.165) is 12.1 Å². The topological polar surface area (TPSA) is 84.0 Å². The fourth-order valence-corrected chi connectivity index (χ4v) is 4.23. The number of rotatable bonds is 3. The molecule has 5 rings (SSSR count). The average molecular weight is 426 g/mol. The molecular weight excluding hydrogens is 403 g/mol. The van der Waals surface area contributed by atoms with Crippen molar-refractivity contribution >= 4 is 11.9 Å². The first-order valence-corrected chi connectivity index (χ1v) is 10.4. The molecular formula is C22H23FN4O4. The van der Waals surface area contributed by atoms with E-state index in [2.05, 4.69) is 10.3 Å². The van der Waals surface area contributed by atoms with Crippen molar-refractivity contribution in [3.8, 4) is 11.5 Å². The minimum Gasteiger partial charge on any atom is -0.456 e. The van der Waals surface area contributed by atoms with Crippen molar-refractivity contribution in [2.24, 2.45) is 0 Å². The Bertz CT molecular complexity index is 962. The van der Waals surface area contributed by atoms with Crippen LogP contribution in [-0.2, 0) is 9.53 Å². The normalized spacial score (nSPS) is 23.6. The Hall–Kier alpha value is -3.20. The molecule has 3 saturated heterocycles. The molecule has 1 aromatic heterocycles. The first-order chi connectivity index (χ1) is 15.0. The van der Waals surface area contributed by atoms with Crippen molar-refractivity contribution in [3.63, 3.8) is 0 Å². The van der Waals surface area contributed by atoms with Gasteiger partial charge in [0.1, 0.15) is 23.9 Å². The van der Waals surface area contributed by atoms with Crippen molar-refractivity contribution < 1.29 is 23.5 Å². The highest BCUT2D eigenvalue weighted by Gasteiger charge is 2.40. The number of likely N-dealkylation sites (tertiary alicyclic amines) is 2. The lowest BCUT2D eigenvalue weighted by Gasteiger charge is -2.46. The van der Waals surface area contributed by atoms with Crippen molar-refractivity contribution in [1.82, 2.24) is 20.1 Å². The van der Waals surface area contributed by atoms with Gasteiger partial charge < -0.3 is 24.6 Å². The number of fused-ring (bicyclic) bond motifs is 1. The molecule has 0 radical (unpaired) electrons. The van der Waals surface area contributed by atoms with Crippen molar-refractivity contribution in [2.75, 3.05) is 32.8 Å². The Morgan fingerprint density at radius 1 is 1.10 bits per heavy atom. The molecule has 9 heteroatoms. The Morgan fingerprint density at radius 2 is 1.87 bits per heavy atom. The fourth-order valence-electron chi connectivity index (χ4n) is 4.23. The van der Waals surface area contributed by atoms with E-state index in [9.17, 15) is 14.0 Å². The van der Waals surface area contributed by atoms with Crippen molar-refractivity contribution in [1.29, 1.82) is 0 Å². The van der Waals surface area contributed by atoms with Crippen LogP contribution >= 0.6 is 0 Å². The predicted molar refractivity (Wildman–Crippen MR) is 108 cm³/mol. The second-order valence-electron chi connectivity index (χ2n) is 8.12. The summed E-state index contributed by atoms with van der Waals surface area (Å²) < 4.78 is 24.2. The lowest BCUT2D eigenvalue weighted by molar-refractivity contribution is -0.139. The highest BCUT2D eigenvalue weighted by atomic mass is 19.1. The third-order valence-electron chi connectivity index (χ3n) is 5.97. The quantitative estimate of drug-likeness (QED) is 0.813. The maximum Gasteiger partial charge on any atom is 0.320 e. The van der Waals surface area contributed by atoms with E-state index in [1.807, 2.05) is 12.1 Å². The predicted octanol–water partition coefficient (Wildman–Crippen LogP) is 2.12. The molecule has 1 aromatic carbocycles. The summed E-state index contributed by atoms with van der Waals surface area (Å²) in [5.41, 5.74) is 0.905. The number of halogens is 1. The molecule has 2 aromatic rings. The van der Waals surface area contributed by atoms with Gasteiger partial charge in [0.05, 0.1) is 18.3 Å². The largest absolute Gasteiger partial charge is 0.456 e. The second-order valence-corrected chi connectivity index (χ2v) is 8.12. The number of aromatic nitrogens is 1. The molecule has 8 nitrogen and oxygen atoms in total. The smallest absolute Gasteiger partial charge is 0.320 e. The van der Waals surface area contributed by atoms with Gasteiger partial charge in [-0.15, -0.1) is 0 Å². The average Bonchev–Trinajstić information content (AvgIpc) is 2.75. The zero-order chi connectivity index (χ0) is 21.4. The number of urea groups is 1. The Labute approximate surface area is 178 Å². The van der Waals surface area contributed by atoms with E-state index < -0.39 is 0 Å². The highest BCUT2D eigenvalue weighted by molar-refractivity contribution is 5.79. The van der Waals surface area contributed by atoms with Gasteiger partial charge in [0.25, 0.3) is 0 Å². The second kappa shape index (κ2) is 8.14. The van der Waals surface area contributed by atoms with Crippen LogP contribution in [0.5, 0.6) is 11.5 Å². The number of pyridine rings is 1. The number of carbonyl (C=O) groups excluding carboxylic acids is 2. The molecule has 31 heavy (non-hydrogen) atoms. The van der Waals surface area contributed by atoms with Crippen LogP contribution in [0, 0.1) is 5.82 Å². The number of benzene rings is 1. The molecule has 3 amide bonds. The van der Waals surface area contributed by atoms with Gasteiger partial charge in [-0.05, 0) is 42.8 Å². The number of nitrogens with zero attached hydrogens (tertiary/aromatic N) is 3. The molecule has 0 bridgehead atoms. The number of piperidine rings is 1. The van der Waals surface area contributed by atoms with Gasteiger partial charge in [0, 0.05) is 37.8 Å². The third kappa shape index (κ3) is 4.18. The molecule has 3 fully saturated rings. The highest BCUT2D eigenvalue weighted by Crippen LogP contribution is 2.29. The molecule has 2 atom stereocenters. The SMILES string of the molecule is O=C1CO[C@H]2CCN(C(=O)N3CC(c4ccc(Oc5ccc(F)cc5)cn4)C3)C[C@H]2N1. The lowest BCUT2D eigenvalue weighted by atomic mass is 9.95. The number of amides is 3. The Balaban J connectivity index is 1.13. The first-order valence-electron chi connectivity index (χ1n) is 10.4. The monoisotopic (exact) mass is 426 g/mol. The van der Waals surface area contributed by atoms with Gasteiger partial charge in [-0.3, -0.25) is 9.78 Å². The van der Waals surface area contributed by atoms with Crippen LogP contribution in [0.15, 0.2) is 42.6 Å². The van der Waals surface area contributed by atoms with E-state index in [4.69, 9.17) is 9.47 Å². The molecule has 3 aliphatic heterocycles. The lowest BCUT2D eigenvalue weighted by Crippen LogP contribution is -2.63. The fraction of sp³-hybridized carbons (Fsp3) is 0.409. The number of morpholine rings is 1. The zero-order valence-corrected chi connectivity index (χ0v) is 16.9. The number of hydrogen-bond donors (Lipinski definition) is 1. The molecule has 4 heterocycles. The van der Waals surface area contributed by atoms with Crippen LogP contribution in [0.1, 0.15) is 18.0 Å². The molecule has 0 saturated carbocycles. The number of nitrogens with one attached hydrogen (secondary N) is 1. The first kappa shape index (κ1) is 19.7. The van der Waals surface area contributed by atoms with Crippen LogP contribution in [0.3, 0.4) is 0 Å². The molecule has 0 unspecified atom stereocenters. The van der Waals surface area contributed by atoms with Crippen LogP contribution in [-0.4, -0.2) is 71.7 Å². The van der Waals surface area contributed by atoms with Gasteiger partial charge in [-0.25, -0.2) is 9.18 Å². The number of hydrogen-bond acceptors (Lipinski definition) is 5. The number of ether oxygens (including phenoxy) is 2. The molecule has 162 valence electrons. The van der Waals surface area contributed by atoms with Gasteiger partial charge >= 0.3 is 6.03 Å². The van der Waals surface area contributed by atoms with Gasteiger partial charge in [0.2, 0.25) is 5.91 Å². The molecule has 1 N–H and O–H groups in total. The Morgan fingerprint density at radius 3 is 2.61 bits per heavy atom. The van der Waals surface area contributed by atoms with E-state index >= 15 is 0 Å². The minimum atomic E-state index is -0.314. The van der Waals surface area contributed by atoms with Crippen LogP contribution < -0.4 is 10.1 Å². The van der Waals surface area contributed by atoms with E-state index in [1.165, 1.54) is 12.1 Å². The van der Waals surface area contributed by atoms with Gasteiger partial charge in [-0.1, -0.05) is 0 Å². The third-order valence-corrected chi connectivity index (χ3v) is 5.97. The summed E-state index contributed by atoms with van der Waals surface area (Å²) in [6, 6.07) is 9.39. The molecule has 3 aliphatic rings. The standard InChI is InChI=1S/C22H23FN4O4/c23-15-1-3-16(4-2-15)31-17-5-6-18(24-9-17)14-10-27(11-14)22(29)26-8-7-20-19(12-26)25-21(28)13-30-20/h1-6,9,14,19-20H,7-8,10-13H2,(H,25,28)/t19-,20+/m1/s1. The summed E-state index contributed by atoms with van der Waals surface area (Å²) in [6.07, 6.45) is 2.36. The maximum atomic E-state index is 13.0. The zero-order valence-electron chi connectivity index (χ0n) is 16.9. The van der Waals surface area contributed by atoms with Crippen LogP contribution in [0.2, 0.25) is 0 Å². The Kier molecular flexibility index (Phi) is 5.19. The summed E-state index contributed by atoms with van der Waals surface area (Å²) >= 11 is 0. The summed E-state index contributed by atoms with van der Waals surface area (Å²) in [6.45, 7) is 2.42. The number of carbonyl (C=O) groups is 2. The van der Waals surface area contributed by atoms with E-state index in [-0.39, 0.29) is 42.4 Å². The van der Waals surface area contributed by atoms with Crippen LogP contribution in [0.25, 0.3) is 0 Å². The van der Waals surface area contributed by atoms with Gasteiger partial charge in [0.15, 0.2) is 0 Å². The summed E-state index contributed by atoms with van der Waals surface area (Å²) in [5.74, 6) is 0.851. The summed E-state index contributed by atoms with van der Waals surface area (Å²) in [7, 11) is 0. The van der Waals surface area contributed by atoms with Crippen molar-refractivity contribution in [3.05, 3.63) is 54.1 Å². The van der Waals surface area contributed by atoms with Gasteiger partial charge in [-0.2, -0.15) is 0 Å². The summed E-state index contributed by atoms with van der Waals surface area (Å²) in [5, 5.41) is 2.92.